The number of nitrogens with zero attached hydrogens (tertiary/aromatic N) is 4. The third kappa shape index (κ3) is 3.37. The van der Waals surface area contributed by atoms with E-state index in [2.05, 4.69) is 16.7 Å². The molecule has 136 valence electrons. The highest BCUT2D eigenvalue weighted by atomic mass is 35.5. The van der Waals surface area contributed by atoms with E-state index >= 15 is 0 Å². The number of allylic oxidation sites excluding steroid dienone is 1. The zero-order chi connectivity index (χ0) is 19.0. The van der Waals surface area contributed by atoms with Crippen LogP contribution in [-0.4, -0.2) is 20.3 Å². The normalized spacial score (nSPS) is 12.3. The van der Waals surface area contributed by atoms with Gasteiger partial charge < -0.3 is 4.57 Å². The molecule has 0 unspecified atom stereocenters. The van der Waals surface area contributed by atoms with Crippen molar-refractivity contribution in [3.63, 3.8) is 0 Å². The first-order valence-electron chi connectivity index (χ1n) is 8.07. The molecule has 3 rings (SSSR count). The molecule has 1 amide bonds. The molecule has 0 atom stereocenters. The highest BCUT2D eigenvalue weighted by Crippen LogP contribution is 2.32. The van der Waals surface area contributed by atoms with Crippen LogP contribution in [0, 0.1) is 6.92 Å². The summed E-state index contributed by atoms with van der Waals surface area (Å²) in [6.45, 7) is 10.0. The molecular weight excluding hydrogens is 391 g/mol. The molecule has 0 aliphatic rings. The highest BCUT2D eigenvalue weighted by Gasteiger charge is 2.17. The van der Waals surface area contributed by atoms with Crippen LogP contribution in [-0.2, 0) is 6.54 Å². The number of fused-ring (bicyclic) bond motifs is 1. The van der Waals surface area contributed by atoms with Crippen molar-refractivity contribution in [2.24, 2.45) is 4.99 Å². The number of hydrogen-bond acceptors (Lipinski definition) is 3. The molecule has 0 saturated carbocycles. The van der Waals surface area contributed by atoms with Crippen LogP contribution in [0.2, 0.25) is 10.0 Å². The Hall–Kier alpha value is -1.89. The quantitative estimate of drug-likeness (QED) is 0.568. The molecule has 0 N–H and O–H groups in total. The second-order valence-corrected chi connectivity index (χ2v) is 7.91. The van der Waals surface area contributed by atoms with E-state index < -0.39 is 0 Å². The average molecular weight is 409 g/mol. The molecule has 0 aliphatic carbocycles. The van der Waals surface area contributed by atoms with Crippen LogP contribution in [0.1, 0.15) is 36.1 Å². The van der Waals surface area contributed by atoms with Gasteiger partial charge in [-0.25, -0.2) is 0 Å². The monoisotopic (exact) mass is 408 g/mol. The standard InChI is InChI=1S/C18H18Cl2N4OS/c1-5-8-23-15-12(19)6-7-13(20)16(15)26-18(23)21-17(25)14-9-11(4)22-24(14)10(2)3/h5-7,9-10H,1,8H2,2-4H3. The molecule has 0 spiro atoms. The van der Waals surface area contributed by atoms with Crippen LogP contribution in [0.5, 0.6) is 0 Å². The molecule has 3 aromatic rings. The lowest BCUT2D eigenvalue weighted by molar-refractivity contribution is 0.0986. The van der Waals surface area contributed by atoms with E-state index in [0.29, 0.717) is 27.1 Å². The van der Waals surface area contributed by atoms with Gasteiger partial charge in [-0.2, -0.15) is 10.1 Å². The molecule has 8 heteroatoms. The Labute approximate surface area is 165 Å². The number of benzene rings is 1. The maximum atomic E-state index is 12.8. The van der Waals surface area contributed by atoms with E-state index in [1.807, 2.05) is 25.3 Å². The lowest BCUT2D eigenvalue weighted by Gasteiger charge is -2.08. The second kappa shape index (κ2) is 7.39. The van der Waals surface area contributed by atoms with Crippen molar-refractivity contribution in [3.05, 3.63) is 57.1 Å². The molecule has 0 saturated heterocycles. The molecular formula is C18H18Cl2N4OS. The molecule has 26 heavy (non-hydrogen) atoms. The van der Waals surface area contributed by atoms with E-state index in [-0.39, 0.29) is 11.9 Å². The van der Waals surface area contributed by atoms with Crippen molar-refractivity contribution < 1.29 is 4.79 Å². The van der Waals surface area contributed by atoms with Crippen LogP contribution >= 0.6 is 34.5 Å². The van der Waals surface area contributed by atoms with Gasteiger partial charge in [-0.3, -0.25) is 9.48 Å². The fourth-order valence-corrected chi connectivity index (χ4v) is 4.36. The summed E-state index contributed by atoms with van der Waals surface area (Å²) in [5.74, 6) is -0.351. The number of halogens is 2. The number of carbonyl (C=O) groups is 1. The number of amides is 1. The van der Waals surface area contributed by atoms with E-state index in [1.54, 1.807) is 29.0 Å². The van der Waals surface area contributed by atoms with Gasteiger partial charge in [0.25, 0.3) is 5.91 Å². The Morgan fingerprint density at radius 2 is 2.08 bits per heavy atom. The summed E-state index contributed by atoms with van der Waals surface area (Å²) < 4.78 is 4.33. The second-order valence-electron chi connectivity index (χ2n) is 6.12. The molecule has 1 aromatic carbocycles. The number of carbonyl (C=O) groups excluding carboxylic acids is 1. The van der Waals surface area contributed by atoms with Crippen LogP contribution in [0.3, 0.4) is 0 Å². The minimum Gasteiger partial charge on any atom is -0.311 e. The Kier molecular flexibility index (Phi) is 5.37. The smallest absolute Gasteiger partial charge is 0.297 e. The van der Waals surface area contributed by atoms with Crippen molar-refractivity contribution >= 4 is 50.7 Å². The van der Waals surface area contributed by atoms with Crippen molar-refractivity contribution in [1.29, 1.82) is 0 Å². The summed E-state index contributed by atoms with van der Waals surface area (Å²) >= 11 is 14.0. The fourth-order valence-electron chi connectivity index (χ4n) is 2.71. The number of aryl methyl sites for hydroxylation is 1. The Morgan fingerprint density at radius 1 is 1.38 bits per heavy atom. The highest BCUT2D eigenvalue weighted by molar-refractivity contribution is 7.17. The number of rotatable bonds is 4. The predicted octanol–water partition coefficient (Wildman–Crippen LogP) is 5.02. The topological polar surface area (TPSA) is 52.2 Å². The van der Waals surface area contributed by atoms with Gasteiger partial charge >= 0.3 is 0 Å². The molecule has 2 aromatic heterocycles. The minimum absolute atomic E-state index is 0.0597. The van der Waals surface area contributed by atoms with Gasteiger partial charge in [0.2, 0.25) is 0 Å². The summed E-state index contributed by atoms with van der Waals surface area (Å²) in [5, 5.41) is 5.51. The third-order valence-electron chi connectivity index (χ3n) is 3.80. The van der Waals surface area contributed by atoms with Gasteiger partial charge in [0, 0.05) is 12.6 Å². The van der Waals surface area contributed by atoms with Crippen molar-refractivity contribution in [2.45, 2.75) is 33.4 Å². The molecule has 0 radical (unpaired) electrons. The Morgan fingerprint density at radius 3 is 2.73 bits per heavy atom. The Bertz CT molecular complexity index is 1070. The van der Waals surface area contributed by atoms with Crippen LogP contribution in [0.4, 0.5) is 0 Å². The zero-order valence-electron chi connectivity index (χ0n) is 14.7. The zero-order valence-corrected chi connectivity index (χ0v) is 17.0. The number of thiazole rings is 1. The summed E-state index contributed by atoms with van der Waals surface area (Å²) in [4.78, 5) is 17.7. The molecule has 2 heterocycles. The summed E-state index contributed by atoms with van der Waals surface area (Å²) in [5.41, 5.74) is 1.99. The van der Waals surface area contributed by atoms with Crippen molar-refractivity contribution in [2.75, 3.05) is 0 Å². The van der Waals surface area contributed by atoms with E-state index in [0.717, 1.165) is 15.9 Å². The molecule has 0 aliphatic heterocycles. The van der Waals surface area contributed by atoms with E-state index in [1.165, 1.54) is 11.3 Å². The predicted molar refractivity (Wildman–Crippen MR) is 107 cm³/mol. The van der Waals surface area contributed by atoms with Gasteiger partial charge in [-0.05, 0) is 39.0 Å². The lowest BCUT2D eigenvalue weighted by Crippen LogP contribution is -2.18. The number of hydrogen-bond donors (Lipinski definition) is 0. The van der Waals surface area contributed by atoms with Crippen molar-refractivity contribution in [3.8, 4) is 0 Å². The van der Waals surface area contributed by atoms with Gasteiger partial charge in [0.1, 0.15) is 5.69 Å². The number of aromatic nitrogens is 3. The largest absolute Gasteiger partial charge is 0.311 e. The van der Waals surface area contributed by atoms with Gasteiger partial charge in [-0.15, -0.1) is 6.58 Å². The van der Waals surface area contributed by atoms with Gasteiger partial charge in [-0.1, -0.05) is 40.6 Å². The van der Waals surface area contributed by atoms with Crippen LogP contribution in [0.25, 0.3) is 10.2 Å². The first kappa shape index (κ1) is 18.9. The minimum atomic E-state index is -0.351. The first-order valence-corrected chi connectivity index (χ1v) is 9.64. The van der Waals surface area contributed by atoms with Crippen LogP contribution < -0.4 is 4.80 Å². The summed E-state index contributed by atoms with van der Waals surface area (Å²) in [7, 11) is 0. The first-order chi connectivity index (χ1) is 12.3. The average Bonchev–Trinajstić information content (AvgIpc) is 3.14. The molecule has 0 bridgehead atoms. The van der Waals surface area contributed by atoms with E-state index in [4.69, 9.17) is 23.2 Å². The summed E-state index contributed by atoms with van der Waals surface area (Å²) in [6, 6.07) is 5.28. The van der Waals surface area contributed by atoms with Gasteiger partial charge in [0.15, 0.2) is 4.80 Å². The maximum Gasteiger partial charge on any atom is 0.297 e. The third-order valence-corrected chi connectivity index (χ3v) is 5.65. The van der Waals surface area contributed by atoms with Gasteiger partial charge in [0.05, 0.1) is 26.0 Å². The van der Waals surface area contributed by atoms with Crippen LogP contribution in [0.15, 0.2) is 35.8 Å². The van der Waals surface area contributed by atoms with Crippen molar-refractivity contribution in [1.82, 2.24) is 14.3 Å². The molecule has 0 fully saturated rings. The maximum absolute atomic E-state index is 12.8. The lowest BCUT2D eigenvalue weighted by atomic mass is 10.3. The van der Waals surface area contributed by atoms with E-state index in [9.17, 15) is 4.79 Å². The fraction of sp³-hybridized carbons (Fsp3) is 0.278. The SMILES string of the molecule is C=CCn1c(=NC(=O)c2cc(C)nn2C(C)C)sc2c(Cl)ccc(Cl)c21. The molecule has 5 nitrogen and oxygen atoms in total. The summed E-state index contributed by atoms with van der Waals surface area (Å²) in [6.07, 6.45) is 1.73. The Balaban J connectivity index is 2.23.